The molecule has 0 aliphatic heterocycles. The van der Waals surface area contributed by atoms with Gasteiger partial charge in [0.15, 0.2) is 0 Å². The van der Waals surface area contributed by atoms with Gasteiger partial charge >= 0.3 is 6.18 Å². The van der Waals surface area contributed by atoms with E-state index in [1.165, 1.54) is 0 Å². The third kappa shape index (κ3) is 3.30. The first-order valence-electron chi connectivity index (χ1n) is 2.50. The Hall–Kier alpha value is 0.0439. The molecule has 0 saturated carbocycles. The Morgan fingerprint density at radius 3 is 2.27 bits per heavy atom. The molecule has 1 heterocycles. The van der Waals surface area contributed by atoms with Crippen molar-refractivity contribution in [3.05, 3.63) is 30.1 Å². The fourth-order valence-electron chi connectivity index (χ4n) is 0.492. The molecule has 0 bridgehead atoms. The van der Waals surface area contributed by atoms with Crippen molar-refractivity contribution >= 4 is 0 Å². The second-order valence-corrected chi connectivity index (χ2v) is 1.67. The van der Waals surface area contributed by atoms with Crippen LogP contribution in [-0.2, 0) is 38.9 Å². The first kappa shape index (κ1) is 11.0. The summed E-state index contributed by atoms with van der Waals surface area (Å²) in [4.78, 5) is 3.33. The number of pyridine rings is 1. The van der Waals surface area contributed by atoms with Gasteiger partial charge in [-0.3, -0.25) is 0 Å². The molecule has 1 nitrogen and oxygen atoms in total. The molecule has 0 amide bonds. The molecule has 0 saturated heterocycles. The van der Waals surface area contributed by atoms with Gasteiger partial charge in [-0.05, 0) is 0 Å². The number of alkyl halides is 3. The average molecular weight is 235 g/mol. The Balaban J connectivity index is 0.000001000. The maximum Gasteiger partial charge on any atom is 0.370 e. The van der Waals surface area contributed by atoms with Gasteiger partial charge in [-0.1, -0.05) is 18.0 Å². The topological polar surface area (TPSA) is 12.9 Å². The predicted octanol–water partition coefficient (Wildman–Crippen LogP) is 1.90. The van der Waals surface area contributed by atoms with Crippen molar-refractivity contribution in [2.45, 2.75) is 6.18 Å². The smallest absolute Gasteiger partial charge is 0.370 e. The van der Waals surface area contributed by atoms with Gasteiger partial charge in [0.2, 0.25) is 0 Å². The van der Waals surface area contributed by atoms with Crippen LogP contribution in [0.25, 0.3) is 0 Å². The zero-order valence-electron chi connectivity index (χ0n) is 5.39. The van der Waals surface area contributed by atoms with E-state index < -0.39 is 11.7 Å². The first-order valence-corrected chi connectivity index (χ1v) is 2.50. The molecule has 0 unspecified atom stereocenters. The van der Waals surface area contributed by atoms with Crippen molar-refractivity contribution in [2.75, 3.05) is 0 Å². The number of rotatable bonds is 0. The number of nitrogens with zero attached hydrogens (tertiary/aromatic N) is 1. The minimum absolute atomic E-state index is 0. The number of hydrogen-bond donors (Lipinski definition) is 0. The third-order valence-corrected chi connectivity index (χ3v) is 0.951. The summed E-state index contributed by atoms with van der Waals surface area (Å²) in [6.45, 7) is 0. The number of aromatic nitrogens is 1. The fourth-order valence-corrected chi connectivity index (χ4v) is 0.492. The van der Waals surface area contributed by atoms with E-state index in [0.717, 1.165) is 18.3 Å². The molecule has 0 aliphatic carbocycles. The largest absolute Gasteiger partial charge is 0.394 e. The van der Waals surface area contributed by atoms with Crippen LogP contribution in [0.4, 0.5) is 13.2 Å². The summed E-state index contributed by atoms with van der Waals surface area (Å²) in [5.41, 5.74) is -0.720. The maximum absolute atomic E-state index is 11.7. The van der Waals surface area contributed by atoms with E-state index in [-0.39, 0.29) is 32.7 Å². The second kappa shape index (κ2) is 4.17. The van der Waals surface area contributed by atoms with Crippen molar-refractivity contribution in [2.24, 2.45) is 0 Å². The molecule has 5 heteroatoms. The zero-order chi connectivity index (χ0) is 7.61. The molecule has 1 aromatic rings. The van der Waals surface area contributed by atoms with Gasteiger partial charge in [0.05, 0.1) is 0 Å². The van der Waals surface area contributed by atoms with Crippen LogP contribution < -0.4 is 0 Å². The van der Waals surface area contributed by atoms with E-state index in [4.69, 9.17) is 0 Å². The van der Waals surface area contributed by atoms with Crippen molar-refractivity contribution in [1.29, 1.82) is 0 Å². The van der Waals surface area contributed by atoms with Gasteiger partial charge in [-0.2, -0.15) is 13.2 Å². The maximum atomic E-state index is 11.7. The van der Waals surface area contributed by atoms with Crippen LogP contribution in [0, 0.1) is 6.20 Å². The SMILES string of the molecule is FC(F)(F)c1c[c-]ncc1.[Y]. The third-order valence-electron chi connectivity index (χ3n) is 0.951. The second-order valence-electron chi connectivity index (χ2n) is 1.67. The van der Waals surface area contributed by atoms with Crippen LogP contribution in [0.2, 0.25) is 0 Å². The molecule has 11 heavy (non-hydrogen) atoms. The molecule has 0 fully saturated rings. The molecule has 0 atom stereocenters. The van der Waals surface area contributed by atoms with E-state index in [0.29, 0.717) is 0 Å². The minimum Gasteiger partial charge on any atom is -0.394 e. The van der Waals surface area contributed by atoms with Crippen molar-refractivity contribution in [3.8, 4) is 0 Å². The van der Waals surface area contributed by atoms with E-state index in [2.05, 4.69) is 11.2 Å². The van der Waals surface area contributed by atoms with Crippen molar-refractivity contribution in [1.82, 2.24) is 4.98 Å². The summed E-state index contributed by atoms with van der Waals surface area (Å²) in [6, 6.07) is 1.70. The molecular formula is C6H3F3NY-. The summed E-state index contributed by atoms with van der Waals surface area (Å²) in [5, 5.41) is 0. The molecule has 0 aliphatic rings. The number of hydrogen-bond acceptors (Lipinski definition) is 1. The Bertz CT molecular complexity index is 209. The molecule has 0 spiro atoms. The van der Waals surface area contributed by atoms with E-state index in [9.17, 15) is 13.2 Å². The van der Waals surface area contributed by atoms with Crippen LogP contribution in [0.15, 0.2) is 18.3 Å². The van der Waals surface area contributed by atoms with Crippen LogP contribution >= 0.6 is 0 Å². The van der Waals surface area contributed by atoms with Crippen LogP contribution in [0.3, 0.4) is 0 Å². The van der Waals surface area contributed by atoms with E-state index in [1.54, 1.807) is 0 Å². The fraction of sp³-hybridized carbons (Fsp3) is 0.167. The summed E-state index contributed by atoms with van der Waals surface area (Å²) in [5.74, 6) is 0. The monoisotopic (exact) mass is 235 g/mol. The predicted molar refractivity (Wildman–Crippen MR) is 28.1 cm³/mol. The molecule has 1 aromatic heterocycles. The zero-order valence-corrected chi connectivity index (χ0v) is 8.23. The van der Waals surface area contributed by atoms with Gasteiger partial charge in [-0.15, -0.1) is 12.1 Å². The molecule has 0 N–H and O–H groups in total. The normalized spacial score (nSPS) is 10.5. The van der Waals surface area contributed by atoms with Gasteiger partial charge < -0.3 is 4.98 Å². The quantitative estimate of drug-likeness (QED) is 0.626. The van der Waals surface area contributed by atoms with Gasteiger partial charge in [0.25, 0.3) is 0 Å². The Labute approximate surface area is 86.9 Å². The Morgan fingerprint density at radius 2 is 2.00 bits per heavy atom. The van der Waals surface area contributed by atoms with Gasteiger partial charge in [0.1, 0.15) is 0 Å². The molecular weight excluding hydrogens is 232 g/mol. The van der Waals surface area contributed by atoms with E-state index in [1.807, 2.05) is 0 Å². The van der Waals surface area contributed by atoms with Crippen LogP contribution in [0.5, 0.6) is 0 Å². The average Bonchev–Trinajstić information content (AvgIpc) is 1.88. The molecule has 1 radical (unpaired) electrons. The van der Waals surface area contributed by atoms with Crippen LogP contribution in [-0.4, -0.2) is 4.98 Å². The van der Waals surface area contributed by atoms with Crippen LogP contribution in [0.1, 0.15) is 5.56 Å². The van der Waals surface area contributed by atoms with E-state index >= 15 is 0 Å². The van der Waals surface area contributed by atoms with Crippen molar-refractivity contribution in [3.63, 3.8) is 0 Å². The summed E-state index contributed by atoms with van der Waals surface area (Å²) in [7, 11) is 0. The van der Waals surface area contributed by atoms with Crippen molar-refractivity contribution < 1.29 is 45.9 Å². The first-order chi connectivity index (χ1) is 4.61. The summed E-state index contributed by atoms with van der Waals surface area (Å²) >= 11 is 0. The molecule has 0 aromatic carbocycles. The molecule has 57 valence electrons. The Kier molecular flexibility index (Phi) is 4.18. The molecule has 1 rings (SSSR count). The Morgan fingerprint density at radius 1 is 1.36 bits per heavy atom. The number of halogens is 3. The van der Waals surface area contributed by atoms with Gasteiger partial charge in [-0.25, -0.2) is 0 Å². The minimum atomic E-state index is -4.28. The summed E-state index contributed by atoms with van der Waals surface area (Å²) < 4.78 is 35.2. The van der Waals surface area contributed by atoms with Gasteiger partial charge in [0, 0.05) is 32.7 Å². The summed E-state index contributed by atoms with van der Waals surface area (Å²) in [6.07, 6.45) is -1.12. The standard InChI is InChI=1S/C6H3F3N.Y/c7-6(8,9)5-1-3-10-4-2-5;/h1-3H;/q-1;.